The molecule has 0 amide bonds. The molecule has 0 saturated heterocycles. The Morgan fingerprint density at radius 2 is 2.44 bits per heavy atom. The summed E-state index contributed by atoms with van der Waals surface area (Å²) in [4.78, 5) is 14.1. The number of nitrogens with zero attached hydrogens (tertiary/aromatic N) is 2. The lowest BCUT2D eigenvalue weighted by atomic mass is 10.3. The number of aliphatic hydroxyl groups excluding tert-OH is 1. The number of aromatic nitrogens is 1. The van der Waals surface area contributed by atoms with E-state index in [1.165, 1.54) is 12.3 Å². The van der Waals surface area contributed by atoms with Crippen LogP contribution in [0.1, 0.15) is 13.3 Å². The van der Waals surface area contributed by atoms with E-state index >= 15 is 0 Å². The Hall–Kier alpha value is -1.21. The van der Waals surface area contributed by atoms with Gasteiger partial charge >= 0.3 is 5.69 Å². The Morgan fingerprint density at radius 1 is 1.75 bits per heavy atom. The van der Waals surface area contributed by atoms with Crippen LogP contribution in [0.15, 0.2) is 16.7 Å². The van der Waals surface area contributed by atoms with E-state index in [2.05, 4.69) is 26.2 Å². The van der Waals surface area contributed by atoms with Crippen molar-refractivity contribution in [2.75, 3.05) is 11.9 Å². The molecule has 0 aromatic carbocycles. The number of nitrogens with one attached hydrogen (secondary N) is 1. The van der Waals surface area contributed by atoms with Crippen molar-refractivity contribution in [3.8, 4) is 0 Å². The van der Waals surface area contributed by atoms with Crippen molar-refractivity contribution in [2.45, 2.75) is 19.4 Å². The van der Waals surface area contributed by atoms with Crippen molar-refractivity contribution in [2.24, 2.45) is 0 Å². The highest BCUT2D eigenvalue weighted by Gasteiger charge is 2.15. The van der Waals surface area contributed by atoms with Gasteiger partial charge in [-0.15, -0.1) is 0 Å². The zero-order valence-corrected chi connectivity index (χ0v) is 10.3. The van der Waals surface area contributed by atoms with Crippen LogP contribution < -0.4 is 5.32 Å². The molecule has 0 aliphatic rings. The zero-order chi connectivity index (χ0) is 12.1. The average Bonchev–Trinajstić information content (AvgIpc) is 2.19. The summed E-state index contributed by atoms with van der Waals surface area (Å²) in [6.07, 6.45) is 1.55. The molecule has 6 nitrogen and oxygen atoms in total. The molecule has 1 heterocycles. The normalized spacial score (nSPS) is 12.2. The summed E-state index contributed by atoms with van der Waals surface area (Å²) >= 11 is 3.12. The number of rotatable bonds is 5. The van der Waals surface area contributed by atoms with Crippen LogP contribution in [0.25, 0.3) is 0 Å². The van der Waals surface area contributed by atoms with Gasteiger partial charge in [-0.3, -0.25) is 10.1 Å². The minimum Gasteiger partial charge on any atom is -0.393 e. The minimum atomic E-state index is -0.498. The third-order valence-electron chi connectivity index (χ3n) is 1.89. The van der Waals surface area contributed by atoms with Gasteiger partial charge in [0.2, 0.25) is 5.82 Å². The second-order valence-electron chi connectivity index (χ2n) is 3.34. The maximum absolute atomic E-state index is 10.7. The van der Waals surface area contributed by atoms with Crippen LogP contribution in [0.5, 0.6) is 0 Å². The standard InChI is InChI=1S/C9H12BrN3O3/c1-6(14)2-3-11-9-8(13(15)16)4-7(10)5-12-9/h4-6,14H,2-3H2,1H3,(H,11,12). The first-order chi connectivity index (χ1) is 7.50. The quantitative estimate of drug-likeness (QED) is 0.639. The Balaban J connectivity index is 2.75. The maximum atomic E-state index is 10.7. The van der Waals surface area contributed by atoms with Crippen molar-refractivity contribution >= 4 is 27.4 Å². The predicted octanol–water partition coefficient (Wildman–Crippen LogP) is 1.94. The zero-order valence-electron chi connectivity index (χ0n) is 8.68. The molecule has 0 spiro atoms. The van der Waals surface area contributed by atoms with Crippen molar-refractivity contribution in [3.63, 3.8) is 0 Å². The van der Waals surface area contributed by atoms with Gasteiger partial charge in [0.1, 0.15) is 0 Å². The van der Waals surface area contributed by atoms with Gasteiger partial charge in [-0.1, -0.05) is 0 Å². The van der Waals surface area contributed by atoms with Gasteiger partial charge in [-0.05, 0) is 29.3 Å². The highest BCUT2D eigenvalue weighted by atomic mass is 79.9. The molecular formula is C9H12BrN3O3. The Kier molecular flexibility index (Phi) is 4.63. The fourth-order valence-corrected chi connectivity index (χ4v) is 1.42. The van der Waals surface area contributed by atoms with Gasteiger partial charge in [0.15, 0.2) is 0 Å². The third kappa shape index (κ3) is 3.74. The van der Waals surface area contributed by atoms with Crippen molar-refractivity contribution in [1.29, 1.82) is 0 Å². The van der Waals surface area contributed by atoms with Crippen LogP contribution in [0.3, 0.4) is 0 Å². The molecule has 1 atom stereocenters. The van der Waals surface area contributed by atoms with Gasteiger partial charge < -0.3 is 10.4 Å². The SMILES string of the molecule is CC(O)CCNc1ncc(Br)cc1[N+](=O)[O-]. The average molecular weight is 290 g/mol. The number of halogens is 1. The van der Waals surface area contributed by atoms with E-state index in [1.54, 1.807) is 6.92 Å². The number of hydrogen-bond donors (Lipinski definition) is 2. The lowest BCUT2D eigenvalue weighted by molar-refractivity contribution is -0.384. The van der Waals surface area contributed by atoms with E-state index in [9.17, 15) is 10.1 Å². The molecule has 1 rings (SSSR count). The van der Waals surface area contributed by atoms with Crippen molar-refractivity contribution in [3.05, 3.63) is 26.9 Å². The predicted molar refractivity (Wildman–Crippen MR) is 63.4 cm³/mol. The van der Waals surface area contributed by atoms with Gasteiger partial charge in [0.05, 0.1) is 11.0 Å². The molecular weight excluding hydrogens is 278 g/mol. The fourth-order valence-electron chi connectivity index (χ4n) is 1.10. The molecule has 7 heteroatoms. The molecule has 0 fully saturated rings. The Morgan fingerprint density at radius 3 is 3.00 bits per heavy atom. The highest BCUT2D eigenvalue weighted by Crippen LogP contribution is 2.25. The van der Waals surface area contributed by atoms with Gasteiger partial charge in [-0.25, -0.2) is 4.98 Å². The Labute approximate surface area is 101 Å². The first-order valence-electron chi connectivity index (χ1n) is 4.72. The molecule has 16 heavy (non-hydrogen) atoms. The topological polar surface area (TPSA) is 88.3 Å². The first-order valence-corrected chi connectivity index (χ1v) is 5.52. The lowest BCUT2D eigenvalue weighted by Crippen LogP contribution is -2.11. The summed E-state index contributed by atoms with van der Waals surface area (Å²) in [6, 6.07) is 1.39. The molecule has 2 N–H and O–H groups in total. The maximum Gasteiger partial charge on any atom is 0.312 e. The second kappa shape index (κ2) is 5.76. The van der Waals surface area contributed by atoms with Crippen LogP contribution in [-0.4, -0.2) is 27.7 Å². The van der Waals surface area contributed by atoms with E-state index in [-0.39, 0.29) is 11.5 Å². The number of pyridine rings is 1. The smallest absolute Gasteiger partial charge is 0.312 e. The highest BCUT2D eigenvalue weighted by molar-refractivity contribution is 9.10. The lowest BCUT2D eigenvalue weighted by Gasteiger charge is -2.07. The molecule has 1 aromatic heterocycles. The molecule has 0 radical (unpaired) electrons. The van der Waals surface area contributed by atoms with E-state index in [0.717, 1.165) is 0 Å². The first kappa shape index (κ1) is 12.9. The van der Waals surface area contributed by atoms with Crippen LogP contribution in [0, 0.1) is 10.1 Å². The number of anilines is 1. The van der Waals surface area contributed by atoms with E-state index in [0.29, 0.717) is 17.4 Å². The van der Waals surface area contributed by atoms with Crippen LogP contribution in [0.4, 0.5) is 11.5 Å². The third-order valence-corrected chi connectivity index (χ3v) is 2.32. The van der Waals surface area contributed by atoms with E-state index in [1.807, 2.05) is 0 Å². The van der Waals surface area contributed by atoms with Gasteiger partial charge in [-0.2, -0.15) is 0 Å². The van der Waals surface area contributed by atoms with Gasteiger partial charge in [0, 0.05) is 23.3 Å². The summed E-state index contributed by atoms with van der Waals surface area (Å²) in [7, 11) is 0. The largest absolute Gasteiger partial charge is 0.393 e. The molecule has 0 bridgehead atoms. The monoisotopic (exact) mass is 289 g/mol. The fraction of sp³-hybridized carbons (Fsp3) is 0.444. The minimum absolute atomic E-state index is 0.0834. The van der Waals surface area contributed by atoms with E-state index in [4.69, 9.17) is 5.11 Å². The Bertz CT molecular complexity index is 384. The van der Waals surface area contributed by atoms with Gasteiger partial charge in [0.25, 0.3) is 0 Å². The van der Waals surface area contributed by atoms with Crippen LogP contribution in [-0.2, 0) is 0 Å². The van der Waals surface area contributed by atoms with Crippen LogP contribution in [0.2, 0.25) is 0 Å². The molecule has 0 aliphatic heterocycles. The number of nitro groups is 1. The number of hydrogen-bond acceptors (Lipinski definition) is 5. The van der Waals surface area contributed by atoms with E-state index < -0.39 is 11.0 Å². The summed E-state index contributed by atoms with van der Waals surface area (Å²) in [5.41, 5.74) is -0.0834. The summed E-state index contributed by atoms with van der Waals surface area (Å²) in [6.45, 7) is 2.10. The second-order valence-corrected chi connectivity index (χ2v) is 4.26. The summed E-state index contributed by atoms with van der Waals surface area (Å²) in [5, 5.41) is 22.6. The van der Waals surface area contributed by atoms with Crippen molar-refractivity contribution < 1.29 is 10.0 Å². The number of aliphatic hydroxyl groups is 1. The summed E-state index contributed by atoms with van der Waals surface area (Å²) < 4.78 is 0.556. The molecule has 1 unspecified atom stereocenters. The molecule has 0 aliphatic carbocycles. The van der Waals surface area contributed by atoms with Crippen LogP contribution >= 0.6 is 15.9 Å². The molecule has 88 valence electrons. The molecule has 1 aromatic rings. The summed E-state index contributed by atoms with van der Waals surface area (Å²) in [5.74, 6) is 0.217. The van der Waals surface area contributed by atoms with Crippen molar-refractivity contribution in [1.82, 2.24) is 4.98 Å². The molecule has 0 saturated carbocycles.